The van der Waals surface area contributed by atoms with E-state index in [1.807, 2.05) is 30.3 Å². The number of carbonyl (C=O) groups excluding carboxylic acids is 1. The zero-order valence-electron chi connectivity index (χ0n) is 37.7. The molecule has 4 heterocycles. The monoisotopic (exact) mass is 992 g/mol. The number of ether oxygens (including phenoxy) is 2. The minimum absolute atomic E-state index is 0.0374. The number of aromatic nitrogens is 4. The van der Waals surface area contributed by atoms with E-state index in [9.17, 15) is 41.7 Å². The molecule has 0 unspecified atom stereocenters. The fourth-order valence-electron chi connectivity index (χ4n) is 7.70. The number of carbonyl (C=O) groups is 2. The maximum absolute atomic E-state index is 12.9. The summed E-state index contributed by atoms with van der Waals surface area (Å²) in [5, 5.41) is 34.2. The van der Waals surface area contributed by atoms with Crippen molar-refractivity contribution in [1.82, 2.24) is 24.7 Å². The second-order valence-corrected chi connectivity index (χ2v) is 22.5. The molecule has 1 amide bonds. The molecule has 6 N–H and O–H groups in total. The van der Waals surface area contributed by atoms with Gasteiger partial charge in [-0.2, -0.15) is 0 Å². The van der Waals surface area contributed by atoms with Gasteiger partial charge in [0.25, 0.3) is 10.0 Å². The smallest absolute Gasteiger partial charge is 0.307 e. The Bertz CT molecular complexity index is 3010. The second-order valence-electron chi connectivity index (χ2n) is 16.7. The molecule has 6 aromatic rings. The van der Waals surface area contributed by atoms with E-state index in [-0.39, 0.29) is 26.3 Å². The Morgan fingerprint density at radius 1 is 0.687 bits per heavy atom. The average molecular weight is 993 g/mol. The molecule has 67 heavy (non-hydrogen) atoms. The third-order valence-electron chi connectivity index (χ3n) is 10.8. The number of nitrogens with two attached hydrogens (primary N) is 1. The standard InChI is InChI=1S/C23H25N3O5S2.C17H17NO3.C6H10N2O3S2/c1-23(2,28)22-25-13-21(32-22)33(29,30)26-19(27)12-18-16-6-4-5-14(16)7-8-17(18)15-9-10-24-20(11-15)31-3;1-21-16-9-12(7-8-18-16)14-6-5-11-3-2-4-13(11)15(14)10-17(19)20;1-6(2,9)5-8-3-4(12-5)13(7,10)11/h7-11,13,28H,4-6,12H2,1-3H3,(H,26,27);5-9H,2-4,10H2,1H3,(H,19,20);3,9H,1-2H3,(H2,7,10,11). The van der Waals surface area contributed by atoms with Crippen LogP contribution in [0.5, 0.6) is 11.8 Å². The topological polar surface area (TPSA) is 271 Å². The van der Waals surface area contributed by atoms with Crippen LogP contribution in [-0.2, 0) is 79.4 Å². The molecule has 0 spiro atoms. The summed E-state index contributed by atoms with van der Waals surface area (Å²) in [7, 11) is -4.69. The quantitative estimate of drug-likeness (QED) is 0.0906. The largest absolute Gasteiger partial charge is 0.481 e. The van der Waals surface area contributed by atoms with Crippen molar-refractivity contribution < 1.29 is 51.2 Å². The van der Waals surface area contributed by atoms with E-state index < -0.39 is 43.1 Å². The van der Waals surface area contributed by atoms with E-state index in [0.717, 1.165) is 113 Å². The summed E-state index contributed by atoms with van der Waals surface area (Å²) in [5.74, 6) is -0.429. The van der Waals surface area contributed by atoms with Gasteiger partial charge in [-0.15, -0.1) is 22.7 Å². The number of amides is 1. The molecule has 0 saturated carbocycles. The lowest BCUT2D eigenvalue weighted by Gasteiger charge is -2.15. The van der Waals surface area contributed by atoms with Gasteiger partial charge in [0.2, 0.25) is 27.7 Å². The van der Waals surface area contributed by atoms with E-state index in [1.165, 1.54) is 51.5 Å². The number of benzene rings is 2. The van der Waals surface area contributed by atoms with Crippen molar-refractivity contribution in [2.75, 3.05) is 14.2 Å². The third kappa shape index (κ3) is 12.7. The first kappa shape index (κ1) is 50.7. The Morgan fingerprint density at radius 3 is 1.54 bits per heavy atom. The summed E-state index contributed by atoms with van der Waals surface area (Å²) >= 11 is 1.71. The second kappa shape index (κ2) is 20.7. The number of rotatable bonds is 13. The number of pyridine rings is 2. The number of hydrogen-bond donors (Lipinski definition) is 5. The minimum atomic E-state index is -4.11. The van der Waals surface area contributed by atoms with Crippen molar-refractivity contribution in [3.63, 3.8) is 0 Å². The fraction of sp³-hybridized carbons (Fsp3) is 0.348. The van der Waals surface area contributed by atoms with Gasteiger partial charge in [0, 0.05) is 24.5 Å². The van der Waals surface area contributed by atoms with Gasteiger partial charge in [-0.05, 0) is 134 Å². The molecule has 4 aromatic heterocycles. The van der Waals surface area contributed by atoms with Crippen molar-refractivity contribution >= 4 is 54.6 Å². The van der Waals surface area contributed by atoms with Gasteiger partial charge in [0.15, 0.2) is 8.42 Å². The number of aliphatic carboxylic acids is 1. The number of nitrogens with zero attached hydrogens (tertiary/aromatic N) is 4. The molecule has 0 radical (unpaired) electrons. The summed E-state index contributed by atoms with van der Waals surface area (Å²) in [4.78, 5) is 40.2. The number of hydrogen-bond acceptors (Lipinski definition) is 16. The van der Waals surface area contributed by atoms with Crippen LogP contribution in [0.15, 0.2) is 81.7 Å². The van der Waals surface area contributed by atoms with Crippen LogP contribution < -0.4 is 19.3 Å². The Labute approximate surface area is 397 Å². The van der Waals surface area contributed by atoms with Crippen molar-refractivity contribution in [2.24, 2.45) is 5.14 Å². The lowest BCUT2D eigenvalue weighted by Crippen LogP contribution is -2.31. The number of thiazole rings is 2. The predicted molar refractivity (Wildman–Crippen MR) is 253 cm³/mol. The van der Waals surface area contributed by atoms with E-state index in [2.05, 4.69) is 36.8 Å². The van der Waals surface area contributed by atoms with E-state index >= 15 is 0 Å². The number of nitrogens with one attached hydrogen (secondary N) is 1. The molecule has 0 fully saturated rings. The fourth-order valence-corrected chi connectivity index (χ4v) is 11.4. The van der Waals surface area contributed by atoms with E-state index in [0.29, 0.717) is 16.8 Å². The van der Waals surface area contributed by atoms with Crippen molar-refractivity contribution in [1.29, 1.82) is 0 Å². The lowest BCUT2D eigenvalue weighted by atomic mass is 9.91. The highest BCUT2D eigenvalue weighted by atomic mass is 32.3. The lowest BCUT2D eigenvalue weighted by molar-refractivity contribution is -0.136. The Balaban J connectivity index is 0.000000185. The molecular formula is C46H52N6O11S4. The normalized spacial score (nSPS) is 13.3. The number of fused-ring (bicyclic) bond motifs is 2. The summed E-state index contributed by atoms with van der Waals surface area (Å²) in [6, 6.07) is 15.6. The Kier molecular flexibility index (Phi) is 15.7. The van der Waals surface area contributed by atoms with Crippen LogP contribution in [0.4, 0.5) is 0 Å². The van der Waals surface area contributed by atoms with Crippen LogP contribution in [0.1, 0.15) is 83.9 Å². The van der Waals surface area contributed by atoms with Crippen molar-refractivity contribution in [2.45, 2.75) is 98.7 Å². The summed E-state index contributed by atoms with van der Waals surface area (Å²) in [6.45, 7) is 6.09. The predicted octanol–water partition coefficient (Wildman–Crippen LogP) is 5.87. The van der Waals surface area contributed by atoms with Crippen molar-refractivity contribution in [3.05, 3.63) is 117 Å². The molecule has 0 saturated heterocycles. The molecule has 21 heteroatoms. The van der Waals surface area contributed by atoms with Crippen LogP contribution >= 0.6 is 22.7 Å². The van der Waals surface area contributed by atoms with Gasteiger partial charge in [-0.25, -0.2) is 46.6 Å². The van der Waals surface area contributed by atoms with Gasteiger partial charge in [0.05, 0.1) is 39.5 Å². The highest BCUT2D eigenvalue weighted by Gasteiger charge is 2.28. The first-order valence-electron chi connectivity index (χ1n) is 20.9. The van der Waals surface area contributed by atoms with Gasteiger partial charge < -0.3 is 24.8 Å². The van der Waals surface area contributed by atoms with Gasteiger partial charge in [-0.1, -0.05) is 24.3 Å². The number of primary sulfonamides is 1. The Hall–Kier alpha value is -5.68. The maximum Gasteiger partial charge on any atom is 0.307 e. The SMILES string of the molecule is CC(C)(O)c1ncc(S(N)(=O)=O)s1.COc1cc(-c2ccc3c(c2CC(=O)NS(=O)(=O)c2cnc(C(C)(C)O)s2)CCC3)ccn1.COc1cc(-c2ccc3c(c2CC(=O)O)CCC3)ccn1. The van der Waals surface area contributed by atoms with Crippen LogP contribution in [0.2, 0.25) is 0 Å². The van der Waals surface area contributed by atoms with Crippen LogP contribution in [0.3, 0.4) is 0 Å². The average Bonchev–Trinajstić information content (AvgIpc) is 4.10. The number of aliphatic hydroxyl groups is 2. The minimum Gasteiger partial charge on any atom is -0.481 e. The number of carboxylic acid groups (broad SMARTS) is 1. The first-order chi connectivity index (χ1) is 31.5. The van der Waals surface area contributed by atoms with Gasteiger partial charge in [-0.3, -0.25) is 9.59 Å². The Morgan fingerprint density at radius 2 is 1.13 bits per heavy atom. The van der Waals surface area contributed by atoms with E-state index in [4.69, 9.17) is 14.6 Å². The number of methoxy groups -OCH3 is 2. The first-order valence-corrected chi connectivity index (χ1v) is 25.6. The number of carboxylic acids is 1. The summed E-state index contributed by atoms with van der Waals surface area (Å²) in [6.07, 6.45) is 11.5. The molecule has 8 rings (SSSR count). The maximum atomic E-state index is 12.9. The van der Waals surface area contributed by atoms with Crippen LogP contribution in [0.25, 0.3) is 22.3 Å². The molecule has 356 valence electrons. The van der Waals surface area contributed by atoms with Crippen LogP contribution in [0, 0.1) is 0 Å². The summed E-state index contributed by atoms with van der Waals surface area (Å²) < 4.78 is 59.6. The highest BCUT2D eigenvalue weighted by Crippen LogP contribution is 2.37. The molecular weight excluding hydrogens is 941 g/mol. The highest BCUT2D eigenvalue weighted by molar-refractivity contribution is 7.92. The zero-order valence-corrected chi connectivity index (χ0v) is 41.0. The molecule has 2 aliphatic carbocycles. The zero-order chi connectivity index (χ0) is 48.9. The van der Waals surface area contributed by atoms with Crippen LogP contribution in [-0.4, -0.2) is 78.2 Å². The molecule has 0 bridgehead atoms. The van der Waals surface area contributed by atoms with E-state index in [1.54, 1.807) is 25.6 Å². The summed E-state index contributed by atoms with van der Waals surface area (Å²) in [5.41, 5.74) is 7.75. The van der Waals surface area contributed by atoms with Gasteiger partial charge >= 0.3 is 5.97 Å². The molecule has 0 aliphatic heterocycles. The van der Waals surface area contributed by atoms with Crippen molar-refractivity contribution in [3.8, 4) is 34.0 Å². The third-order valence-corrected chi connectivity index (χ3v) is 16.6. The molecule has 2 aromatic carbocycles. The number of sulfonamides is 2. The molecule has 17 nitrogen and oxygen atoms in total. The number of aryl methyl sites for hydroxylation is 2. The van der Waals surface area contributed by atoms with Gasteiger partial charge in [0.1, 0.15) is 21.2 Å². The molecule has 2 aliphatic rings. The molecule has 0 atom stereocenters.